The van der Waals surface area contributed by atoms with E-state index >= 15 is 0 Å². The third-order valence-electron chi connectivity index (χ3n) is 8.74. The van der Waals surface area contributed by atoms with Crippen molar-refractivity contribution >= 4 is 17.3 Å². The molecule has 0 aromatic carbocycles. The van der Waals surface area contributed by atoms with Gasteiger partial charge < -0.3 is 10.6 Å². The lowest BCUT2D eigenvalue weighted by molar-refractivity contribution is -0.0185. The normalized spacial score (nSPS) is 44.2. The van der Waals surface area contributed by atoms with Gasteiger partial charge in [0.2, 0.25) is 0 Å². The minimum Gasteiger partial charge on any atom is -0.363 e. The van der Waals surface area contributed by atoms with Gasteiger partial charge in [0.05, 0.1) is 0 Å². The third-order valence-corrected chi connectivity index (χ3v) is 9.01. The van der Waals surface area contributed by atoms with Gasteiger partial charge in [-0.2, -0.15) is 0 Å². The molecule has 4 aliphatic carbocycles. The summed E-state index contributed by atoms with van der Waals surface area (Å²) in [6.07, 6.45) is 14.4. The van der Waals surface area contributed by atoms with E-state index in [-0.39, 0.29) is 0 Å². The fourth-order valence-electron chi connectivity index (χ4n) is 6.96. The van der Waals surface area contributed by atoms with Gasteiger partial charge in [-0.1, -0.05) is 37.1 Å². The Balaban J connectivity index is 1.52. The summed E-state index contributed by atoms with van der Waals surface area (Å²) in [6.45, 7) is 10.5. The molecule has 6 atom stereocenters. The average molecular weight is 373 g/mol. The molecule has 2 nitrogen and oxygen atoms in total. The summed E-state index contributed by atoms with van der Waals surface area (Å²) >= 11 is 5.43. The summed E-state index contributed by atoms with van der Waals surface area (Å²) in [4.78, 5) is 0. The van der Waals surface area contributed by atoms with Crippen LogP contribution in [0.2, 0.25) is 0 Å². The van der Waals surface area contributed by atoms with E-state index in [0.29, 0.717) is 16.9 Å². The first-order chi connectivity index (χ1) is 12.4. The van der Waals surface area contributed by atoms with Gasteiger partial charge >= 0.3 is 0 Å². The van der Waals surface area contributed by atoms with Crippen LogP contribution >= 0.6 is 12.2 Å². The lowest BCUT2D eigenvalue weighted by Gasteiger charge is -2.58. The highest BCUT2D eigenvalue weighted by Crippen LogP contribution is 2.64. The molecule has 26 heavy (non-hydrogen) atoms. The van der Waals surface area contributed by atoms with Crippen molar-refractivity contribution in [2.24, 2.45) is 28.6 Å². The Morgan fingerprint density at radius 3 is 2.65 bits per heavy atom. The van der Waals surface area contributed by atoms with Gasteiger partial charge in [-0.3, -0.25) is 0 Å². The number of rotatable bonds is 2. The Kier molecular flexibility index (Phi) is 4.74. The monoisotopic (exact) mass is 372 g/mol. The molecule has 0 radical (unpaired) electrons. The van der Waals surface area contributed by atoms with Gasteiger partial charge in [0.15, 0.2) is 5.11 Å². The summed E-state index contributed by atoms with van der Waals surface area (Å²) < 4.78 is 0. The lowest BCUT2D eigenvalue weighted by atomic mass is 9.47. The largest absolute Gasteiger partial charge is 0.363 e. The van der Waals surface area contributed by atoms with Gasteiger partial charge in [0, 0.05) is 12.6 Å². The molecule has 0 bridgehead atoms. The van der Waals surface area contributed by atoms with Gasteiger partial charge in [0.25, 0.3) is 0 Å². The summed E-state index contributed by atoms with van der Waals surface area (Å²) in [5.74, 6) is 2.66. The zero-order valence-electron chi connectivity index (χ0n) is 17.0. The molecule has 2 saturated carbocycles. The second kappa shape index (κ2) is 6.65. The molecule has 4 aliphatic rings. The van der Waals surface area contributed by atoms with Crippen LogP contribution in [0.15, 0.2) is 23.3 Å². The van der Waals surface area contributed by atoms with Gasteiger partial charge in [-0.25, -0.2) is 0 Å². The highest BCUT2D eigenvalue weighted by Gasteiger charge is 2.55. The zero-order valence-corrected chi connectivity index (χ0v) is 17.8. The van der Waals surface area contributed by atoms with Crippen LogP contribution in [0, 0.1) is 28.6 Å². The molecule has 0 aromatic heterocycles. The van der Waals surface area contributed by atoms with E-state index < -0.39 is 0 Å². The Labute approximate surface area is 165 Å². The molecular formula is C23H36N2S. The van der Waals surface area contributed by atoms with E-state index in [1.54, 1.807) is 11.1 Å². The summed E-state index contributed by atoms with van der Waals surface area (Å²) in [6, 6.07) is 0.515. The average Bonchev–Trinajstić information content (AvgIpc) is 2.91. The van der Waals surface area contributed by atoms with Crippen LogP contribution in [0.3, 0.4) is 0 Å². The van der Waals surface area contributed by atoms with Crippen molar-refractivity contribution in [2.75, 3.05) is 6.54 Å². The van der Waals surface area contributed by atoms with Crippen molar-refractivity contribution in [1.29, 1.82) is 0 Å². The topological polar surface area (TPSA) is 24.1 Å². The van der Waals surface area contributed by atoms with Gasteiger partial charge in [-0.15, -0.1) is 0 Å². The molecule has 0 amide bonds. The quantitative estimate of drug-likeness (QED) is 0.504. The molecule has 0 aromatic rings. The van der Waals surface area contributed by atoms with E-state index in [4.69, 9.17) is 12.2 Å². The molecule has 0 saturated heterocycles. The van der Waals surface area contributed by atoms with Crippen LogP contribution in [0.4, 0.5) is 0 Å². The van der Waals surface area contributed by atoms with Gasteiger partial charge in [-0.05, 0) is 99.6 Å². The number of allylic oxidation sites excluding steroid dienone is 3. The number of nitrogens with one attached hydrogen (secondary N) is 2. The first-order valence-corrected chi connectivity index (χ1v) is 11.2. The Bertz CT molecular complexity index is 651. The highest BCUT2D eigenvalue weighted by molar-refractivity contribution is 7.80. The predicted octanol–water partition coefficient (Wildman–Crippen LogP) is 5.36. The Hall–Kier alpha value is -0.830. The maximum absolute atomic E-state index is 5.43. The molecule has 144 valence electrons. The highest BCUT2D eigenvalue weighted by atomic mass is 32.1. The van der Waals surface area contributed by atoms with Crippen LogP contribution < -0.4 is 10.6 Å². The van der Waals surface area contributed by atoms with Crippen LogP contribution in [0.5, 0.6) is 0 Å². The van der Waals surface area contributed by atoms with Crippen molar-refractivity contribution in [2.45, 2.75) is 78.7 Å². The van der Waals surface area contributed by atoms with Crippen LogP contribution in [-0.4, -0.2) is 17.7 Å². The molecule has 2 fully saturated rings. The Morgan fingerprint density at radius 2 is 1.88 bits per heavy atom. The summed E-state index contributed by atoms with van der Waals surface area (Å²) in [5.41, 5.74) is 4.32. The van der Waals surface area contributed by atoms with Crippen molar-refractivity contribution in [3.63, 3.8) is 0 Å². The maximum Gasteiger partial charge on any atom is 0.166 e. The van der Waals surface area contributed by atoms with Crippen molar-refractivity contribution in [3.05, 3.63) is 23.3 Å². The first-order valence-electron chi connectivity index (χ1n) is 10.8. The minimum absolute atomic E-state index is 0.429. The maximum atomic E-state index is 5.43. The summed E-state index contributed by atoms with van der Waals surface area (Å²) in [7, 11) is 0. The molecular weight excluding hydrogens is 336 g/mol. The molecule has 3 heteroatoms. The molecule has 0 heterocycles. The minimum atomic E-state index is 0.429. The summed E-state index contributed by atoms with van der Waals surface area (Å²) in [5, 5.41) is 7.64. The van der Waals surface area contributed by atoms with Gasteiger partial charge in [0.1, 0.15) is 0 Å². The van der Waals surface area contributed by atoms with Crippen molar-refractivity contribution < 1.29 is 0 Å². The smallest absolute Gasteiger partial charge is 0.166 e. The molecule has 2 N–H and O–H groups in total. The fraction of sp³-hybridized carbons (Fsp3) is 0.783. The number of hydrogen-bond donors (Lipinski definition) is 2. The van der Waals surface area contributed by atoms with E-state index in [1.807, 2.05) is 0 Å². The first kappa shape index (κ1) is 18.5. The lowest BCUT2D eigenvalue weighted by Crippen LogP contribution is -2.52. The van der Waals surface area contributed by atoms with Crippen molar-refractivity contribution in [1.82, 2.24) is 10.6 Å². The zero-order chi connectivity index (χ0) is 18.5. The van der Waals surface area contributed by atoms with Crippen molar-refractivity contribution in [3.8, 4) is 0 Å². The second-order valence-corrected chi connectivity index (χ2v) is 10.2. The second-order valence-electron chi connectivity index (χ2n) is 9.78. The third kappa shape index (κ3) is 2.77. The number of thiocarbonyl (C=S) groups is 1. The SMILES string of the molecule is CCNC(=S)N[C@@H]1CC[C@@]2(C)C(=CC[C@@H]3[C@@H]2CC[C@]2(C)C(C)=CC[C@@H]32)C1. The van der Waals surface area contributed by atoms with E-state index in [0.717, 1.165) is 29.4 Å². The van der Waals surface area contributed by atoms with Crippen LogP contribution in [0.1, 0.15) is 72.6 Å². The van der Waals surface area contributed by atoms with Crippen LogP contribution in [-0.2, 0) is 0 Å². The molecule has 0 aliphatic heterocycles. The standard InChI is InChI=1S/C23H36N2S/c1-5-24-21(26)25-17-10-12-23(4)16(14-17)7-8-18-19-9-6-15(2)22(19,3)13-11-20(18)23/h6-7,17-20H,5,8-14H2,1-4H3,(H2,24,25,26)/t17-,18+,19+,20+,22-,23+/m1/s1. The Morgan fingerprint density at radius 1 is 1.12 bits per heavy atom. The van der Waals surface area contributed by atoms with E-state index in [1.165, 1.54) is 44.9 Å². The van der Waals surface area contributed by atoms with E-state index in [2.05, 4.69) is 50.5 Å². The fourth-order valence-corrected chi connectivity index (χ4v) is 7.27. The number of hydrogen-bond acceptors (Lipinski definition) is 1. The molecule has 0 spiro atoms. The number of fused-ring (bicyclic) bond motifs is 5. The molecule has 0 unspecified atom stereocenters. The molecule has 4 rings (SSSR count). The van der Waals surface area contributed by atoms with E-state index in [9.17, 15) is 0 Å². The van der Waals surface area contributed by atoms with Crippen LogP contribution in [0.25, 0.3) is 0 Å². The predicted molar refractivity (Wildman–Crippen MR) is 114 cm³/mol.